The summed E-state index contributed by atoms with van der Waals surface area (Å²) in [5.74, 6) is 0.543. The Balaban J connectivity index is 1.69. The van der Waals surface area contributed by atoms with Crippen LogP contribution >= 0.6 is 0 Å². The van der Waals surface area contributed by atoms with E-state index in [-0.39, 0.29) is 5.91 Å². The number of nitrogens with zero attached hydrogens (tertiary/aromatic N) is 3. The molecule has 3 aromatic carbocycles. The topological polar surface area (TPSA) is 70.2 Å². The molecule has 1 heterocycles. The third-order valence-electron chi connectivity index (χ3n) is 6.47. The summed E-state index contributed by atoms with van der Waals surface area (Å²) in [5, 5.41) is 0. The van der Waals surface area contributed by atoms with E-state index in [9.17, 15) is 13.2 Å². The predicted octanol–water partition coefficient (Wildman–Crippen LogP) is 4.40. The summed E-state index contributed by atoms with van der Waals surface area (Å²) in [6, 6.07) is 24.9. The fraction of sp³-hybridized carbons (Fsp3) is 0.345. The van der Waals surface area contributed by atoms with E-state index in [1.807, 2.05) is 66.4 Å². The van der Waals surface area contributed by atoms with Crippen LogP contribution < -0.4 is 9.04 Å². The van der Waals surface area contributed by atoms with E-state index in [0.29, 0.717) is 62.8 Å². The van der Waals surface area contributed by atoms with E-state index in [0.717, 1.165) is 12.1 Å². The van der Waals surface area contributed by atoms with E-state index in [1.54, 1.807) is 12.1 Å². The molecule has 0 N–H and O–H groups in total. The summed E-state index contributed by atoms with van der Waals surface area (Å²) < 4.78 is 32.7. The van der Waals surface area contributed by atoms with Crippen LogP contribution in [0.2, 0.25) is 0 Å². The van der Waals surface area contributed by atoms with Crippen LogP contribution in [0.15, 0.2) is 78.9 Å². The third-order valence-corrected chi connectivity index (χ3v) is 7.65. The Kier molecular flexibility index (Phi) is 8.84. The van der Waals surface area contributed by atoms with Gasteiger partial charge < -0.3 is 9.64 Å². The number of anilines is 1. The molecular formula is C29H35N3O4S. The highest BCUT2D eigenvalue weighted by molar-refractivity contribution is 7.92. The Morgan fingerprint density at radius 1 is 0.892 bits per heavy atom. The number of fused-ring (bicyclic) bond motifs is 1. The van der Waals surface area contributed by atoms with Crippen LogP contribution in [-0.2, 0) is 23.1 Å². The molecule has 0 bridgehead atoms. The Morgan fingerprint density at radius 2 is 1.65 bits per heavy atom. The Bertz CT molecular complexity index is 1300. The number of hydrogen-bond acceptors (Lipinski definition) is 5. The molecule has 0 radical (unpaired) electrons. The SMILES string of the molecule is CCOc1cccc(C(=O)N2CCN(Cc3ccccc3)CCCN(S(C)(=O)=O)c3ccccc3C2)c1. The molecule has 3 aromatic rings. The minimum absolute atomic E-state index is 0.110. The molecular weight excluding hydrogens is 486 g/mol. The number of rotatable bonds is 6. The predicted molar refractivity (Wildman–Crippen MR) is 147 cm³/mol. The Morgan fingerprint density at radius 3 is 2.41 bits per heavy atom. The van der Waals surface area contributed by atoms with Crippen LogP contribution in [0.4, 0.5) is 5.69 Å². The second-order valence-corrected chi connectivity index (χ2v) is 11.2. The van der Waals surface area contributed by atoms with Crippen molar-refractivity contribution in [1.29, 1.82) is 0 Å². The van der Waals surface area contributed by atoms with Crippen molar-refractivity contribution in [3.8, 4) is 5.75 Å². The van der Waals surface area contributed by atoms with Gasteiger partial charge in [0, 0.05) is 44.8 Å². The molecule has 196 valence electrons. The number of para-hydroxylation sites is 1. The molecule has 0 saturated heterocycles. The van der Waals surface area contributed by atoms with Gasteiger partial charge >= 0.3 is 0 Å². The van der Waals surface area contributed by atoms with Crippen molar-refractivity contribution >= 4 is 21.6 Å². The highest BCUT2D eigenvalue weighted by Crippen LogP contribution is 2.26. The van der Waals surface area contributed by atoms with Crippen LogP contribution in [0, 0.1) is 0 Å². The van der Waals surface area contributed by atoms with Crippen LogP contribution in [0.25, 0.3) is 0 Å². The number of sulfonamides is 1. The van der Waals surface area contributed by atoms with Crippen LogP contribution in [0.5, 0.6) is 5.75 Å². The standard InChI is InChI=1S/C29H35N3O4S/c1-3-36-27-15-9-14-25(21-27)29(33)31-20-19-30(22-24-11-5-4-6-12-24)17-10-18-32(37(2,34)35)28-16-8-7-13-26(28)23-31/h4-9,11-16,21H,3,10,17-20,22-23H2,1-2H3. The van der Waals surface area contributed by atoms with Gasteiger partial charge in [-0.1, -0.05) is 54.6 Å². The van der Waals surface area contributed by atoms with Gasteiger partial charge in [-0.25, -0.2) is 8.42 Å². The largest absolute Gasteiger partial charge is 0.494 e. The van der Waals surface area contributed by atoms with Crippen LogP contribution in [-0.4, -0.2) is 63.2 Å². The zero-order valence-electron chi connectivity index (χ0n) is 21.5. The van der Waals surface area contributed by atoms with E-state index in [1.165, 1.54) is 16.1 Å². The highest BCUT2D eigenvalue weighted by Gasteiger charge is 2.25. The average Bonchev–Trinajstić information content (AvgIpc) is 2.92. The number of carbonyl (C=O) groups is 1. The van der Waals surface area contributed by atoms with Crippen molar-refractivity contribution < 1.29 is 17.9 Å². The second kappa shape index (κ2) is 12.3. The van der Waals surface area contributed by atoms with Crippen LogP contribution in [0.1, 0.15) is 34.8 Å². The summed E-state index contributed by atoms with van der Waals surface area (Å²) in [5.41, 5.74) is 3.16. The van der Waals surface area contributed by atoms with Crippen molar-refractivity contribution in [3.63, 3.8) is 0 Å². The summed E-state index contributed by atoms with van der Waals surface area (Å²) in [4.78, 5) is 17.9. The Hall–Kier alpha value is -3.36. The molecule has 0 fully saturated rings. The lowest BCUT2D eigenvalue weighted by atomic mass is 10.1. The average molecular weight is 522 g/mol. The number of benzene rings is 3. The monoisotopic (exact) mass is 521 g/mol. The minimum atomic E-state index is -3.50. The fourth-order valence-electron chi connectivity index (χ4n) is 4.69. The first-order chi connectivity index (χ1) is 17.8. The lowest BCUT2D eigenvalue weighted by Gasteiger charge is -2.28. The van der Waals surface area contributed by atoms with E-state index in [2.05, 4.69) is 17.0 Å². The normalized spacial score (nSPS) is 15.5. The minimum Gasteiger partial charge on any atom is -0.494 e. The molecule has 1 amide bonds. The molecule has 0 spiro atoms. The zero-order valence-corrected chi connectivity index (χ0v) is 22.4. The first-order valence-electron chi connectivity index (χ1n) is 12.7. The quantitative estimate of drug-likeness (QED) is 0.481. The Labute approximate surface area is 220 Å². The van der Waals surface area contributed by atoms with E-state index < -0.39 is 10.0 Å². The molecule has 0 aromatic heterocycles. The van der Waals surface area contributed by atoms with Crippen molar-refractivity contribution in [2.45, 2.75) is 26.4 Å². The van der Waals surface area contributed by atoms with Gasteiger partial charge in [0.15, 0.2) is 0 Å². The summed E-state index contributed by atoms with van der Waals surface area (Å²) in [6.07, 6.45) is 1.92. The maximum atomic E-state index is 13.8. The number of amides is 1. The molecule has 1 aliphatic rings. The van der Waals surface area contributed by atoms with Gasteiger partial charge in [-0.3, -0.25) is 14.0 Å². The summed E-state index contributed by atoms with van der Waals surface area (Å²) in [7, 11) is -3.50. The first-order valence-corrected chi connectivity index (χ1v) is 14.5. The van der Waals surface area contributed by atoms with Gasteiger partial charge in [-0.05, 0) is 48.7 Å². The van der Waals surface area contributed by atoms with Gasteiger partial charge in [0.1, 0.15) is 5.75 Å². The van der Waals surface area contributed by atoms with Crippen LogP contribution in [0.3, 0.4) is 0 Å². The van der Waals surface area contributed by atoms with Gasteiger partial charge in [-0.15, -0.1) is 0 Å². The summed E-state index contributed by atoms with van der Waals surface area (Å²) in [6.45, 7) is 5.74. The molecule has 37 heavy (non-hydrogen) atoms. The number of hydrogen-bond donors (Lipinski definition) is 0. The molecule has 4 rings (SSSR count). The highest BCUT2D eigenvalue weighted by atomic mass is 32.2. The molecule has 8 heteroatoms. The molecule has 0 unspecified atom stereocenters. The maximum Gasteiger partial charge on any atom is 0.254 e. The van der Waals surface area contributed by atoms with Crippen molar-refractivity contribution in [2.24, 2.45) is 0 Å². The maximum absolute atomic E-state index is 13.8. The van der Waals surface area contributed by atoms with Crippen molar-refractivity contribution in [2.75, 3.05) is 43.3 Å². The second-order valence-electron chi connectivity index (χ2n) is 9.27. The molecule has 7 nitrogen and oxygen atoms in total. The number of ether oxygens (including phenoxy) is 1. The smallest absolute Gasteiger partial charge is 0.254 e. The number of carbonyl (C=O) groups excluding carboxylic acids is 1. The zero-order chi connectivity index (χ0) is 26.3. The molecule has 0 saturated carbocycles. The lowest BCUT2D eigenvalue weighted by Crippen LogP contribution is -2.38. The summed E-state index contributed by atoms with van der Waals surface area (Å²) >= 11 is 0. The van der Waals surface area contributed by atoms with E-state index in [4.69, 9.17) is 4.74 Å². The van der Waals surface area contributed by atoms with Gasteiger partial charge in [0.05, 0.1) is 18.6 Å². The third kappa shape index (κ3) is 7.11. The van der Waals surface area contributed by atoms with Crippen molar-refractivity contribution in [1.82, 2.24) is 9.80 Å². The molecule has 1 aliphatic heterocycles. The first kappa shape index (κ1) is 26.7. The molecule has 0 aliphatic carbocycles. The fourth-order valence-corrected chi connectivity index (χ4v) is 5.69. The molecule has 0 atom stereocenters. The van der Waals surface area contributed by atoms with Crippen molar-refractivity contribution in [3.05, 3.63) is 95.6 Å². The van der Waals surface area contributed by atoms with Gasteiger partial charge in [0.2, 0.25) is 10.0 Å². The van der Waals surface area contributed by atoms with Gasteiger partial charge in [0.25, 0.3) is 5.91 Å². The van der Waals surface area contributed by atoms with E-state index >= 15 is 0 Å². The van der Waals surface area contributed by atoms with Gasteiger partial charge in [-0.2, -0.15) is 0 Å². The lowest BCUT2D eigenvalue weighted by molar-refractivity contribution is 0.0719.